The van der Waals surface area contributed by atoms with Crippen LogP contribution in [0.5, 0.6) is 0 Å². The fourth-order valence-corrected chi connectivity index (χ4v) is 1.05. The molecule has 0 saturated carbocycles. The molecule has 0 bridgehead atoms. The molecule has 1 aliphatic heterocycles. The van der Waals surface area contributed by atoms with Gasteiger partial charge >= 0.3 is 0 Å². The highest BCUT2D eigenvalue weighted by molar-refractivity contribution is 4.89. The van der Waals surface area contributed by atoms with Crippen molar-refractivity contribution < 1.29 is 14.6 Å². The summed E-state index contributed by atoms with van der Waals surface area (Å²) in [6, 6.07) is -0.220. The summed E-state index contributed by atoms with van der Waals surface area (Å²) in [6.45, 7) is 1.83. The van der Waals surface area contributed by atoms with Crippen molar-refractivity contribution in [1.82, 2.24) is 5.32 Å². The van der Waals surface area contributed by atoms with Crippen molar-refractivity contribution in [3.63, 3.8) is 0 Å². The second-order valence-corrected chi connectivity index (χ2v) is 2.69. The van der Waals surface area contributed by atoms with Crippen LogP contribution in [0.2, 0.25) is 0 Å². The zero-order valence-electron chi connectivity index (χ0n) is 5.79. The minimum absolute atomic E-state index is 0.124. The number of piperidine rings is 1. The van der Waals surface area contributed by atoms with Crippen LogP contribution in [-0.4, -0.2) is 41.2 Å². The Morgan fingerprint density at radius 3 is 2.50 bits per heavy atom. The first kappa shape index (κ1) is 7.91. The van der Waals surface area contributed by atoms with Crippen LogP contribution in [0.4, 0.5) is 4.39 Å². The molecule has 0 spiro atoms. The van der Waals surface area contributed by atoms with E-state index >= 15 is 0 Å². The molecule has 10 heavy (non-hydrogen) atoms. The summed E-state index contributed by atoms with van der Waals surface area (Å²) in [5.41, 5.74) is 0. The van der Waals surface area contributed by atoms with Crippen molar-refractivity contribution in [3.05, 3.63) is 0 Å². The Labute approximate surface area is 58.9 Å². The van der Waals surface area contributed by atoms with E-state index in [0.717, 1.165) is 0 Å². The summed E-state index contributed by atoms with van der Waals surface area (Å²) < 4.78 is 12.5. The van der Waals surface area contributed by atoms with E-state index in [1.54, 1.807) is 6.92 Å². The number of rotatable bonds is 0. The van der Waals surface area contributed by atoms with Gasteiger partial charge in [0, 0.05) is 12.6 Å². The fourth-order valence-electron chi connectivity index (χ4n) is 1.05. The summed E-state index contributed by atoms with van der Waals surface area (Å²) in [5.74, 6) is 0. The lowest BCUT2D eigenvalue weighted by Crippen LogP contribution is -2.56. The van der Waals surface area contributed by atoms with E-state index in [1.165, 1.54) is 0 Å². The third kappa shape index (κ3) is 1.28. The zero-order valence-corrected chi connectivity index (χ0v) is 5.79. The molecule has 4 heteroatoms. The van der Waals surface area contributed by atoms with Gasteiger partial charge in [-0.05, 0) is 6.92 Å². The molecule has 0 amide bonds. The van der Waals surface area contributed by atoms with Gasteiger partial charge in [0.25, 0.3) is 0 Å². The number of aliphatic hydroxyl groups excluding tert-OH is 2. The van der Waals surface area contributed by atoms with E-state index < -0.39 is 18.4 Å². The fraction of sp³-hybridized carbons (Fsp3) is 1.00. The molecule has 1 heterocycles. The third-order valence-corrected chi connectivity index (χ3v) is 1.87. The maximum atomic E-state index is 12.5. The first-order chi connectivity index (χ1) is 4.63. The Morgan fingerprint density at radius 2 is 2.00 bits per heavy atom. The number of aliphatic hydroxyl groups is 2. The Morgan fingerprint density at radius 1 is 1.40 bits per heavy atom. The molecule has 3 nitrogen and oxygen atoms in total. The Hall–Kier alpha value is -0.190. The van der Waals surface area contributed by atoms with Crippen molar-refractivity contribution >= 4 is 0 Å². The quantitative estimate of drug-likeness (QED) is 0.415. The minimum atomic E-state index is -1.34. The minimum Gasteiger partial charge on any atom is -0.389 e. The Bertz CT molecular complexity index is 108. The normalized spacial score (nSPS) is 49.2. The number of hydrogen-bond acceptors (Lipinski definition) is 3. The zero-order chi connectivity index (χ0) is 7.72. The highest BCUT2D eigenvalue weighted by atomic mass is 19.1. The molecule has 60 valence electrons. The third-order valence-electron chi connectivity index (χ3n) is 1.87. The standard InChI is InChI=1S/C6H12FNO2/c1-3-5(9)6(10)4(7)2-8-3/h3-6,8-10H,2H2,1H3/t3-,4-,5-,6-/m1/s1. The second kappa shape index (κ2) is 2.82. The van der Waals surface area contributed by atoms with Crippen LogP contribution < -0.4 is 5.32 Å². The summed E-state index contributed by atoms with van der Waals surface area (Å²) in [5, 5.41) is 20.7. The van der Waals surface area contributed by atoms with Gasteiger partial charge in [0.15, 0.2) is 0 Å². The summed E-state index contributed by atoms with van der Waals surface area (Å²) in [4.78, 5) is 0. The van der Waals surface area contributed by atoms with Gasteiger partial charge in [-0.15, -0.1) is 0 Å². The molecule has 0 radical (unpaired) electrons. The molecule has 0 aromatic carbocycles. The monoisotopic (exact) mass is 149 g/mol. The van der Waals surface area contributed by atoms with E-state index in [4.69, 9.17) is 10.2 Å². The van der Waals surface area contributed by atoms with E-state index in [0.29, 0.717) is 0 Å². The van der Waals surface area contributed by atoms with Crippen molar-refractivity contribution in [1.29, 1.82) is 0 Å². The van der Waals surface area contributed by atoms with Gasteiger partial charge in [-0.2, -0.15) is 0 Å². The average Bonchev–Trinajstić information content (AvgIpc) is 1.93. The lowest BCUT2D eigenvalue weighted by atomic mass is 9.98. The number of hydrogen-bond donors (Lipinski definition) is 3. The molecular formula is C6H12FNO2. The van der Waals surface area contributed by atoms with Crippen molar-refractivity contribution in [2.45, 2.75) is 31.3 Å². The van der Waals surface area contributed by atoms with Gasteiger partial charge in [0.1, 0.15) is 12.3 Å². The lowest BCUT2D eigenvalue weighted by molar-refractivity contribution is -0.0642. The predicted molar refractivity (Wildman–Crippen MR) is 34.4 cm³/mol. The van der Waals surface area contributed by atoms with Crippen LogP contribution in [-0.2, 0) is 0 Å². The van der Waals surface area contributed by atoms with E-state index in [9.17, 15) is 4.39 Å². The van der Waals surface area contributed by atoms with Gasteiger partial charge in [-0.1, -0.05) is 0 Å². The molecule has 3 N–H and O–H groups in total. The molecule has 0 unspecified atom stereocenters. The van der Waals surface area contributed by atoms with Crippen LogP contribution >= 0.6 is 0 Å². The maximum Gasteiger partial charge on any atom is 0.141 e. The molecule has 0 aromatic heterocycles. The summed E-state index contributed by atoms with van der Waals surface area (Å²) in [6.07, 6.45) is -3.55. The van der Waals surface area contributed by atoms with E-state index in [2.05, 4.69) is 5.32 Å². The van der Waals surface area contributed by atoms with Gasteiger partial charge in [0.2, 0.25) is 0 Å². The molecule has 1 saturated heterocycles. The van der Waals surface area contributed by atoms with Crippen LogP contribution in [0.3, 0.4) is 0 Å². The first-order valence-corrected chi connectivity index (χ1v) is 3.36. The molecule has 0 aliphatic carbocycles. The number of halogens is 1. The Balaban J connectivity index is 2.52. The first-order valence-electron chi connectivity index (χ1n) is 3.36. The van der Waals surface area contributed by atoms with Crippen molar-refractivity contribution in [2.75, 3.05) is 6.54 Å². The van der Waals surface area contributed by atoms with Crippen molar-refractivity contribution in [3.8, 4) is 0 Å². The molecule has 1 fully saturated rings. The SMILES string of the molecule is C[C@H]1NC[C@@H](F)[C@@H](O)[C@@H]1O. The maximum absolute atomic E-state index is 12.5. The summed E-state index contributed by atoms with van der Waals surface area (Å²) in [7, 11) is 0. The van der Waals surface area contributed by atoms with Gasteiger partial charge in [-0.25, -0.2) is 4.39 Å². The van der Waals surface area contributed by atoms with Gasteiger partial charge in [-0.3, -0.25) is 0 Å². The van der Waals surface area contributed by atoms with Crippen LogP contribution in [0.15, 0.2) is 0 Å². The molecule has 1 aliphatic rings. The Kier molecular flexibility index (Phi) is 2.23. The largest absolute Gasteiger partial charge is 0.389 e. The molecule has 4 atom stereocenters. The van der Waals surface area contributed by atoms with Gasteiger partial charge < -0.3 is 15.5 Å². The van der Waals surface area contributed by atoms with E-state index in [-0.39, 0.29) is 12.6 Å². The smallest absolute Gasteiger partial charge is 0.141 e. The summed E-state index contributed by atoms with van der Waals surface area (Å²) >= 11 is 0. The van der Waals surface area contributed by atoms with Gasteiger partial charge in [0.05, 0.1) is 6.10 Å². The lowest BCUT2D eigenvalue weighted by Gasteiger charge is -2.32. The van der Waals surface area contributed by atoms with Crippen LogP contribution in [0.1, 0.15) is 6.92 Å². The van der Waals surface area contributed by atoms with E-state index in [1.807, 2.05) is 0 Å². The highest BCUT2D eigenvalue weighted by Gasteiger charge is 2.34. The predicted octanol–water partition coefficient (Wildman–Crippen LogP) is -0.962. The number of alkyl halides is 1. The van der Waals surface area contributed by atoms with Crippen LogP contribution in [0, 0.1) is 0 Å². The highest BCUT2D eigenvalue weighted by Crippen LogP contribution is 2.12. The number of nitrogens with one attached hydrogen (secondary N) is 1. The molecular weight excluding hydrogens is 137 g/mol. The molecule has 0 aromatic rings. The molecule has 1 rings (SSSR count). The van der Waals surface area contributed by atoms with Crippen molar-refractivity contribution in [2.24, 2.45) is 0 Å². The van der Waals surface area contributed by atoms with Crippen LogP contribution in [0.25, 0.3) is 0 Å². The average molecular weight is 149 g/mol. The topological polar surface area (TPSA) is 52.5 Å². The second-order valence-electron chi connectivity index (χ2n) is 2.69.